The van der Waals surface area contributed by atoms with E-state index in [1.54, 1.807) is 24.3 Å². The van der Waals surface area contributed by atoms with Gasteiger partial charge in [-0.2, -0.15) is 0 Å². The molecule has 3 aromatic carbocycles. The summed E-state index contributed by atoms with van der Waals surface area (Å²) in [5.74, 6) is -0.194. The molecule has 0 bridgehead atoms. The Morgan fingerprint density at radius 2 is 1.30 bits per heavy atom. The highest BCUT2D eigenvalue weighted by Crippen LogP contribution is 2.27. The molecule has 0 atom stereocenters. The molecule has 5 rings (SSSR count). The van der Waals surface area contributed by atoms with Gasteiger partial charge < -0.3 is 4.98 Å². The minimum Gasteiger partial charge on any atom is -0.361 e. The van der Waals surface area contributed by atoms with Crippen LogP contribution in [-0.2, 0) is 0 Å². The molecule has 3 nitrogen and oxygen atoms in total. The molecule has 0 saturated carbocycles. The molecule has 27 heavy (non-hydrogen) atoms. The standard InChI is InChI=1S/C16H10O2.C8H7N/c17-15-10-14(11-6-2-1-3-7-11)16(18)13-9-5-4-8-12(13)15;1-2-4-8-7(3-1)5-6-9-8/h1-10H;1-6,9H. The van der Waals surface area contributed by atoms with E-state index < -0.39 is 0 Å². The van der Waals surface area contributed by atoms with Crippen LogP contribution in [0.2, 0.25) is 0 Å². The van der Waals surface area contributed by atoms with Gasteiger partial charge in [0.2, 0.25) is 0 Å². The topological polar surface area (TPSA) is 49.9 Å². The maximum atomic E-state index is 12.3. The van der Waals surface area contributed by atoms with Gasteiger partial charge in [-0.1, -0.05) is 72.8 Å². The second-order valence-corrected chi connectivity index (χ2v) is 6.23. The number of hydrogen-bond donors (Lipinski definition) is 1. The van der Waals surface area contributed by atoms with Crippen molar-refractivity contribution in [2.75, 3.05) is 0 Å². The van der Waals surface area contributed by atoms with E-state index in [4.69, 9.17) is 0 Å². The predicted octanol–water partition coefficient (Wildman–Crippen LogP) is 5.32. The third-order valence-corrected chi connectivity index (χ3v) is 4.50. The number of aromatic nitrogens is 1. The van der Waals surface area contributed by atoms with Crippen LogP contribution >= 0.6 is 0 Å². The lowest BCUT2D eigenvalue weighted by Gasteiger charge is -2.14. The van der Waals surface area contributed by atoms with E-state index in [9.17, 15) is 9.59 Å². The van der Waals surface area contributed by atoms with E-state index in [1.165, 1.54) is 17.0 Å². The molecule has 1 heterocycles. The molecule has 0 spiro atoms. The monoisotopic (exact) mass is 351 g/mol. The van der Waals surface area contributed by atoms with Crippen molar-refractivity contribution in [3.05, 3.63) is 114 Å². The molecule has 130 valence electrons. The third-order valence-electron chi connectivity index (χ3n) is 4.50. The van der Waals surface area contributed by atoms with Gasteiger partial charge in [-0.15, -0.1) is 0 Å². The van der Waals surface area contributed by atoms with E-state index >= 15 is 0 Å². The van der Waals surface area contributed by atoms with Gasteiger partial charge in [0.1, 0.15) is 0 Å². The molecule has 0 fully saturated rings. The van der Waals surface area contributed by atoms with Crippen LogP contribution in [0.1, 0.15) is 26.3 Å². The van der Waals surface area contributed by atoms with Crippen LogP contribution in [0.4, 0.5) is 0 Å². The van der Waals surface area contributed by atoms with Crippen molar-refractivity contribution in [1.82, 2.24) is 4.98 Å². The lowest BCUT2D eigenvalue weighted by Crippen LogP contribution is -2.15. The maximum Gasteiger partial charge on any atom is 0.194 e. The van der Waals surface area contributed by atoms with Gasteiger partial charge in [0.05, 0.1) is 0 Å². The van der Waals surface area contributed by atoms with Gasteiger partial charge in [0.15, 0.2) is 11.6 Å². The summed E-state index contributed by atoms with van der Waals surface area (Å²) in [7, 11) is 0. The van der Waals surface area contributed by atoms with Gasteiger partial charge in [-0.25, -0.2) is 0 Å². The second-order valence-electron chi connectivity index (χ2n) is 6.23. The van der Waals surface area contributed by atoms with Gasteiger partial charge in [-0.05, 0) is 29.2 Å². The highest BCUT2D eigenvalue weighted by atomic mass is 16.1. The summed E-state index contributed by atoms with van der Waals surface area (Å²) in [6, 6.07) is 26.5. The fraction of sp³-hybridized carbons (Fsp3) is 0. The normalized spacial score (nSPS) is 12.8. The summed E-state index contributed by atoms with van der Waals surface area (Å²) in [5.41, 5.74) is 3.44. The van der Waals surface area contributed by atoms with Crippen LogP contribution in [-0.4, -0.2) is 16.6 Å². The van der Waals surface area contributed by atoms with Crippen LogP contribution in [0, 0.1) is 0 Å². The summed E-state index contributed by atoms with van der Waals surface area (Å²) in [4.78, 5) is 27.4. The molecule has 3 heteroatoms. The molecule has 0 saturated heterocycles. The molecule has 0 aliphatic heterocycles. The third kappa shape index (κ3) is 3.35. The van der Waals surface area contributed by atoms with E-state index in [1.807, 2.05) is 48.7 Å². The number of H-pyrrole nitrogens is 1. The summed E-state index contributed by atoms with van der Waals surface area (Å²) in [5, 5.41) is 1.28. The smallest absolute Gasteiger partial charge is 0.194 e. The number of benzene rings is 3. The summed E-state index contributed by atoms with van der Waals surface area (Å²) in [6.45, 7) is 0. The lowest BCUT2D eigenvalue weighted by molar-refractivity contribution is 0.100. The van der Waals surface area contributed by atoms with Crippen molar-refractivity contribution >= 4 is 28.0 Å². The van der Waals surface area contributed by atoms with Crippen LogP contribution < -0.4 is 0 Å². The van der Waals surface area contributed by atoms with E-state index in [0.717, 1.165) is 5.56 Å². The lowest BCUT2D eigenvalue weighted by atomic mass is 9.86. The molecule has 1 aromatic heterocycles. The fourth-order valence-corrected chi connectivity index (χ4v) is 3.14. The average Bonchev–Trinajstić information content (AvgIpc) is 3.21. The number of Topliss-reactive ketones (excluding diaryl/α,β-unsaturated/α-hetero) is 1. The van der Waals surface area contributed by atoms with Gasteiger partial charge >= 0.3 is 0 Å². The van der Waals surface area contributed by atoms with Gasteiger partial charge in [0.25, 0.3) is 0 Å². The molecule has 1 aliphatic rings. The largest absolute Gasteiger partial charge is 0.361 e. The molecular weight excluding hydrogens is 334 g/mol. The van der Waals surface area contributed by atoms with Crippen molar-refractivity contribution < 1.29 is 9.59 Å². The molecule has 1 N–H and O–H groups in total. The second kappa shape index (κ2) is 7.26. The Bertz CT molecular complexity index is 1120. The number of allylic oxidation sites excluding steroid dienone is 2. The van der Waals surface area contributed by atoms with Crippen LogP contribution in [0.5, 0.6) is 0 Å². The van der Waals surface area contributed by atoms with Crippen molar-refractivity contribution in [1.29, 1.82) is 0 Å². The molecular formula is C24H17NO2. The Balaban J connectivity index is 0.000000167. The van der Waals surface area contributed by atoms with Gasteiger partial charge in [-0.3, -0.25) is 9.59 Å². The molecule has 1 aliphatic carbocycles. The fourth-order valence-electron chi connectivity index (χ4n) is 3.14. The van der Waals surface area contributed by atoms with E-state index in [2.05, 4.69) is 23.2 Å². The first-order valence-corrected chi connectivity index (χ1v) is 8.71. The Hall–Kier alpha value is -3.72. The number of carbonyl (C=O) groups excluding carboxylic acids is 2. The first-order valence-electron chi connectivity index (χ1n) is 8.71. The van der Waals surface area contributed by atoms with Crippen molar-refractivity contribution in [3.8, 4) is 0 Å². The SMILES string of the molecule is O=C1C=C(c2ccccc2)C(=O)c2ccccc21.c1ccc2[nH]ccc2c1. The number of fused-ring (bicyclic) bond motifs is 2. The first-order chi connectivity index (χ1) is 13.2. The number of para-hydroxylation sites is 1. The van der Waals surface area contributed by atoms with Crippen LogP contribution in [0.15, 0.2) is 97.2 Å². The van der Waals surface area contributed by atoms with Crippen molar-refractivity contribution in [2.45, 2.75) is 0 Å². The first kappa shape index (κ1) is 16.7. The van der Waals surface area contributed by atoms with Gasteiger partial charge in [0, 0.05) is 28.4 Å². The maximum absolute atomic E-state index is 12.3. The van der Waals surface area contributed by atoms with Crippen molar-refractivity contribution in [2.24, 2.45) is 0 Å². The molecule has 0 unspecified atom stereocenters. The minimum atomic E-state index is -0.107. The molecule has 0 amide bonds. The number of aromatic amines is 1. The molecule has 0 radical (unpaired) electrons. The van der Waals surface area contributed by atoms with Crippen LogP contribution in [0.3, 0.4) is 0 Å². The Morgan fingerprint density at radius 3 is 2.07 bits per heavy atom. The number of rotatable bonds is 1. The zero-order valence-corrected chi connectivity index (χ0v) is 14.6. The van der Waals surface area contributed by atoms with E-state index in [0.29, 0.717) is 16.7 Å². The van der Waals surface area contributed by atoms with Crippen molar-refractivity contribution in [3.63, 3.8) is 0 Å². The summed E-state index contributed by atoms with van der Waals surface area (Å²) < 4.78 is 0. The minimum absolute atomic E-state index is 0.0867. The number of nitrogens with one attached hydrogen (secondary N) is 1. The van der Waals surface area contributed by atoms with E-state index in [-0.39, 0.29) is 11.6 Å². The quantitative estimate of drug-likeness (QED) is 0.505. The number of carbonyl (C=O) groups is 2. The average molecular weight is 351 g/mol. The highest BCUT2D eigenvalue weighted by Gasteiger charge is 2.25. The number of hydrogen-bond acceptors (Lipinski definition) is 2. The Labute approximate surface area is 157 Å². The summed E-state index contributed by atoms with van der Waals surface area (Å²) in [6.07, 6.45) is 3.38. The Morgan fingerprint density at radius 1 is 0.630 bits per heavy atom. The zero-order chi connectivity index (χ0) is 18.6. The Kier molecular flexibility index (Phi) is 4.50. The molecule has 4 aromatic rings. The highest BCUT2D eigenvalue weighted by molar-refractivity contribution is 6.38. The predicted molar refractivity (Wildman–Crippen MR) is 108 cm³/mol. The van der Waals surface area contributed by atoms with Crippen LogP contribution in [0.25, 0.3) is 16.5 Å². The summed E-state index contributed by atoms with van der Waals surface area (Å²) >= 11 is 0. The zero-order valence-electron chi connectivity index (χ0n) is 14.6. The number of ketones is 2.